The predicted molar refractivity (Wildman–Crippen MR) is 98.8 cm³/mol. The van der Waals surface area contributed by atoms with Crippen LogP contribution >= 0.6 is 11.8 Å². The Morgan fingerprint density at radius 2 is 1.76 bits per heavy atom. The predicted octanol–water partition coefficient (Wildman–Crippen LogP) is 3.62. The zero-order chi connectivity index (χ0) is 17.8. The molecule has 0 aliphatic heterocycles. The van der Waals surface area contributed by atoms with Crippen LogP contribution in [-0.2, 0) is 0 Å². The van der Waals surface area contributed by atoms with E-state index in [9.17, 15) is 0 Å². The first kappa shape index (κ1) is 17.5. The van der Waals surface area contributed by atoms with Crippen LogP contribution in [0.15, 0.2) is 29.4 Å². The van der Waals surface area contributed by atoms with E-state index in [1.165, 1.54) is 0 Å². The molecule has 2 heterocycles. The van der Waals surface area contributed by atoms with Crippen LogP contribution in [0.5, 0.6) is 11.5 Å². The largest absolute Gasteiger partial charge is 0.497 e. The van der Waals surface area contributed by atoms with Crippen molar-refractivity contribution in [3.05, 3.63) is 41.2 Å². The molecule has 0 fully saturated rings. The van der Waals surface area contributed by atoms with E-state index in [1.54, 1.807) is 18.9 Å². The second-order valence-corrected chi connectivity index (χ2v) is 6.80. The summed E-state index contributed by atoms with van der Waals surface area (Å²) in [5.41, 5.74) is 3.24. The van der Waals surface area contributed by atoms with Crippen molar-refractivity contribution >= 4 is 17.5 Å². The number of aromatic nitrogens is 4. The second kappa shape index (κ2) is 7.74. The van der Waals surface area contributed by atoms with Crippen molar-refractivity contribution in [1.82, 2.24) is 19.6 Å². The second-order valence-electron chi connectivity index (χ2n) is 5.74. The Morgan fingerprint density at radius 1 is 1.04 bits per heavy atom. The van der Waals surface area contributed by atoms with E-state index < -0.39 is 0 Å². The lowest BCUT2D eigenvalue weighted by Crippen LogP contribution is -2.02. The molecule has 1 aromatic carbocycles. The molecule has 0 saturated carbocycles. The van der Waals surface area contributed by atoms with Crippen LogP contribution in [0.4, 0.5) is 0 Å². The van der Waals surface area contributed by atoms with Crippen molar-refractivity contribution in [3.63, 3.8) is 0 Å². The average Bonchev–Trinajstić information content (AvgIpc) is 3.03. The van der Waals surface area contributed by atoms with Gasteiger partial charge in [0.1, 0.15) is 11.5 Å². The van der Waals surface area contributed by atoms with Crippen molar-refractivity contribution in [3.8, 4) is 11.5 Å². The molecule has 3 rings (SSSR count). The molecule has 0 unspecified atom stereocenters. The van der Waals surface area contributed by atoms with Crippen LogP contribution in [0.2, 0.25) is 0 Å². The Labute approximate surface area is 151 Å². The average molecular weight is 358 g/mol. The first-order valence-corrected chi connectivity index (χ1v) is 9.17. The topological polar surface area (TPSA) is 61.5 Å². The number of nitrogens with zero attached hydrogens (tertiary/aromatic N) is 4. The van der Waals surface area contributed by atoms with Crippen molar-refractivity contribution < 1.29 is 9.47 Å². The fourth-order valence-corrected chi connectivity index (χ4v) is 3.11. The molecule has 25 heavy (non-hydrogen) atoms. The standard InChI is InChI=1S/C18H22N4O2S/c1-12-13(2)19-17-20-18(21-22(17)14(12)3)25-11-5-10-24-16-8-6-15(23-4)7-9-16/h6-9H,5,10-11H2,1-4H3. The Bertz CT molecular complexity index is 862. The molecule has 0 aliphatic carbocycles. The van der Waals surface area contributed by atoms with Gasteiger partial charge in [0.2, 0.25) is 5.16 Å². The van der Waals surface area contributed by atoms with E-state index >= 15 is 0 Å². The molecule has 0 bridgehead atoms. The van der Waals surface area contributed by atoms with E-state index in [0.29, 0.717) is 12.4 Å². The van der Waals surface area contributed by atoms with E-state index in [2.05, 4.69) is 22.0 Å². The number of hydrogen-bond acceptors (Lipinski definition) is 6. The normalized spacial score (nSPS) is 11.0. The number of rotatable bonds is 7. The Balaban J connectivity index is 1.50. The minimum atomic E-state index is 0.655. The molecule has 0 spiro atoms. The molecular weight excluding hydrogens is 336 g/mol. The van der Waals surface area contributed by atoms with E-state index in [4.69, 9.17) is 9.47 Å². The van der Waals surface area contributed by atoms with Gasteiger partial charge in [0, 0.05) is 17.1 Å². The summed E-state index contributed by atoms with van der Waals surface area (Å²) in [5.74, 6) is 3.24. The third kappa shape index (κ3) is 4.04. The van der Waals surface area contributed by atoms with Gasteiger partial charge in [0.05, 0.1) is 13.7 Å². The highest BCUT2D eigenvalue weighted by Gasteiger charge is 2.11. The van der Waals surface area contributed by atoms with Crippen LogP contribution in [0.1, 0.15) is 23.4 Å². The lowest BCUT2D eigenvalue weighted by atomic mass is 10.2. The molecule has 0 atom stereocenters. The maximum absolute atomic E-state index is 5.73. The summed E-state index contributed by atoms with van der Waals surface area (Å²) in [6.07, 6.45) is 0.913. The first-order chi connectivity index (χ1) is 12.1. The van der Waals surface area contributed by atoms with Crippen LogP contribution in [-0.4, -0.2) is 39.1 Å². The third-order valence-electron chi connectivity index (χ3n) is 4.09. The van der Waals surface area contributed by atoms with Gasteiger partial charge in [-0.1, -0.05) is 11.8 Å². The highest BCUT2D eigenvalue weighted by molar-refractivity contribution is 7.99. The molecular formula is C18H22N4O2S. The molecule has 0 aliphatic rings. The molecule has 2 aromatic heterocycles. The monoisotopic (exact) mass is 358 g/mol. The molecule has 6 nitrogen and oxygen atoms in total. The maximum atomic E-state index is 5.73. The Hall–Kier alpha value is -2.28. The van der Waals surface area contributed by atoms with Crippen molar-refractivity contribution in [2.45, 2.75) is 32.3 Å². The third-order valence-corrected chi connectivity index (χ3v) is 5.01. The summed E-state index contributed by atoms with van der Waals surface area (Å²) in [7, 11) is 1.65. The maximum Gasteiger partial charge on any atom is 0.253 e. The van der Waals surface area contributed by atoms with Crippen LogP contribution in [0.25, 0.3) is 5.78 Å². The summed E-state index contributed by atoms with van der Waals surface area (Å²) in [6.45, 7) is 6.76. The summed E-state index contributed by atoms with van der Waals surface area (Å²) < 4.78 is 12.7. The van der Waals surface area contributed by atoms with Crippen molar-refractivity contribution in [2.24, 2.45) is 0 Å². The zero-order valence-corrected chi connectivity index (χ0v) is 15.8. The molecule has 0 saturated heterocycles. The molecule has 0 N–H and O–H groups in total. The van der Waals surface area contributed by atoms with Gasteiger partial charge in [-0.15, -0.1) is 5.10 Å². The highest BCUT2D eigenvalue weighted by atomic mass is 32.2. The van der Waals surface area contributed by atoms with Gasteiger partial charge in [-0.2, -0.15) is 4.98 Å². The minimum absolute atomic E-state index is 0.655. The number of thioether (sulfide) groups is 1. The number of ether oxygens (including phenoxy) is 2. The van der Waals surface area contributed by atoms with Crippen molar-refractivity contribution in [1.29, 1.82) is 0 Å². The highest BCUT2D eigenvalue weighted by Crippen LogP contribution is 2.19. The number of methoxy groups -OCH3 is 1. The lowest BCUT2D eigenvalue weighted by molar-refractivity contribution is 0.318. The van der Waals surface area contributed by atoms with Gasteiger partial charge < -0.3 is 9.47 Å². The molecule has 0 amide bonds. The smallest absolute Gasteiger partial charge is 0.253 e. The number of benzene rings is 1. The van der Waals surface area contributed by atoms with Gasteiger partial charge in [-0.3, -0.25) is 0 Å². The molecule has 7 heteroatoms. The van der Waals surface area contributed by atoms with Gasteiger partial charge in [-0.25, -0.2) is 9.50 Å². The van der Waals surface area contributed by atoms with Gasteiger partial charge in [0.15, 0.2) is 0 Å². The Morgan fingerprint density at radius 3 is 2.48 bits per heavy atom. The SMILES string of the molecule is COc1ccc(OCCCSc2nc3nc(C)c(C)c(C)n3n2)cc1. The first-order valence-electron chi connectivity index (χ1n) is 8.18. The fourth-order valence-electron chi connectivity index (χ4n) is 2.38. The van der Waals surface area contributed by atoms with E-state index in [-0.39, 0.29) is 0 Å². The molecule has 0 radical (unpaired) electrons. The number of fused-ring (bicyclic) bond motifs is 1. The quantitative estimate of drug-likeness (QED) is 0.475. The summed E-state index contributed by atoms with van der Waals surface area (Å²) in [5, 5.41) is 5.30. The van der Waals surface area contributed by atoms with Gasteiger partial charge in [-0.05, 0) is 57.0 Å². The molecule has 132 valence electrons. The fraction of sp³-hybridized carbons (Fsp3) is 0.389. The number of hydrogen-bond donors (Lipinski definition) is 0. The van der Waals surface area contributed by atoms with Crippen LogP contribution in [0.3, 0.4) is 0 Å². The lowest BCUT2D eigenvalue weighted by Gasteiger charge is -2.06. The van der Waals surface area contributed by atoms with Crippen LogP contribution in [0, 0.1) is 20.8 Å². The summed E-state index contributed by atoms with van der Waals surface area (Å²) in [6, 6.07) is 7.61. The summed E-state index contributed by atoms with van der Waals surface area (Å²) >= 11 is 1.62. The van der Waals surface area contributed by atoms with Gasteiger partial charge in [0.25, 0.3) is 5.78 Å². The summed E-state index contributed by atoms with van der Waals surface area (Å²) in [4.78, 5) is 9.00. The number of aryl methyl sites for hydroxylation is 2. The Kier molecular flexibility index (Phi) is 5.43. The van der Waals surface area contributed by atoms with E-state index in [0.717, 1.165) is 45.8 Å². The van der Waals surface area contributed by atoms with Gasteiger partial charge >= 0.3 is 0 Å². The van der Waals surface area contributed by atoms with Crippen LogP contribution < -0.4 is 9.47 Å². The minimum Gasteiger partial charge on any atom is -0.497 e. The van der Waals surface area contributed by atoms with Crippen molar-refractivity contribution in [2.75, 3.05) is 19.5 Å². The van der Waals surface area contributed by atoms with E-state index in [1.807, 2.05) is 42.6 Å². The molecule has 3 aromatic rings. The zero-order valence-electron chi connectivity index (χ0n) is 14.9.